The van der Waals surface area contributed by atoms with Crippen molar-refractivity contribution < 1.29 is 9.53 Å². The van der Waals surface area contributed by atoms with Crippen molar-refractivity contribution in [1.82, 2.24) is 0 Å². The second kappa shape index (κ2) is 6.08. The Morgan fingerprint density at radius 2 is 2.00 bits per heavy atom. The summed E-state index contributed by atoms with van der Waals surface area (Å²) in [6.45, 7) is 5.25. The lowest BCUT2D eigenvalue weighted by atomic mass is 9.80. The van der Waals surface area contributed by atoms with Crippen LogP contribution >= 0.6 is 0 Å². The van der Waals surface area contributed by atoms with E-state index < -0.39 is 0 Å². The summed E-state index contributed by atoms with van der Waals surface area (Å²) < 4.78 is 5.79. The molecule has 0 bridgehead atoms. The highest BCUT2D eigenvalue weighted by molar-refractivity contribution is 5.75. The first-order valence-electron chi connectivity index (χ1n) is 8.15. The largest absolute Gasteiger partial charge is 0.462 e. The second-order valence-electron chi connectivity index (χ2n) is 6.77. The van der Waals surface area contributed by atoms with Gasteiger partial charge in [-0.3, -0.25) is 4.79 Å². The minimum absolute atomic E-state index is 0.0243. The fourth-order valence-corrected chi connectivity index (χ4v) is 3.47. The second-order valence-corrected chi connectivity index (χ2v) is 6.77. The molecule has 1 aliphatic heterocycles. The molecule has 4 unspecified atom stereocenters. The Labute approximate surface area is 127 Å². The fraction of sp³-hybridized carbons (Fsp3) is 0.611. The minimum atomic E-state index is -0.0467. The first-order chi connectivity index (χ1) is 10.1. The van der Waals surface area contributed by atoms with Crippen LogP contribution in [0.25, 0.3) is 0 Å². The number of benzene rings is 1. The standard InChI is InChI=1S/C18H25NO2/c1-12-7-8-16(9-13(12)2)21-18(20)15-10-14-5-3-4-6-17(14)19-11-15/h3-6,12-13,15-16,19H,7-11H2,1-2H3. The van der Waals surface area contributed by atoms with Crippen molar-refractivity contribution in [1.29, 1.82) is 0 Å². The Hall–Kier alpha value is -1.51. The topological polar surface area (TPSA) is 38.3 Å². The van der Waals surface area contributed by atoms with E-state index in [2.05, 4.69) is 31.3 Å². The molecule has 2 aliphatic rings. The maximum absolute atomic E-state index is 12.4. The lowest BCUT2D eigenvalue weighted by Gasteiger charge is -2.33. The molecular formula is C18H25NO2. The molecule has 0 radical (unpaired) electrons. The van der Waals surface area contributed by atoms with Gasteiger partial charge in [-0.2, -0.15) is 0 Å². The molecule has 1 aliphatic carbocycles. The number of anilines is 1. The van der Waals surface area contributed by atoms with Gasteiger partial charge in [-0.25, -0.2) is 0 Å². The number of para-hydroxylation sites is 1. The van der Waals surface area contributed by atoms with Crippen molar-refractivity contribution in [2.45, 2.75) is 45.6 Å². The van der Waals surface area contributed by atoms with E-state index in [1.54, 1.807) is 0 Å². The van der Waals surface area contributed by atoms with Gasteiger partial charge in [0.15, 0.2) is 0 Å². The van der Waals surface area contributed by atoms with Crippen LogP contribution in [0.4, 0.5) is 5.69 Å². The third kappa shape index (κ3) is 3.22. The lowest BCUT2D eigenvalue weighted by Crippen LogP contribution is -2.35. The zero-order chi connectivity index (χ0) is 14.8. The molecule has 3 nitrogen and oxygen atoms in total. The van der Waals surface area contributed by atoms with Crippen LogP contribution in [0.15, 0.2) is 24.3 Å². The van der Waals surface area contributed by atoms with Gasteiger partial charge in [0.1, 0.15) is 6.10 Å². The molecule has 1 fully saturated rings. The van der Waals surface area contributed by atoms with Crippen LogP contribution in [0.5, 0.6) is 0 Å². The van der Waals surface area contributed by atoms with Crippen LogP contribution in [-0.4, -0.2) is 18.6 Å². The maximum atomic E-state index is 12.4. The van der Waals surface area contributed by atoms with Gasteiger partial charge in [-0.05, 0) is 49.1 Å². The molecule has 0 amide bonds. The molecule has 3 heteroatoms. The molecule has 0 spiro atoms. The summed E-state index contributed by atoms with van der Waals surface area (Å²) in [7, 11) is 0. The molecule has 1 saturated carbocycles. The van der Waals surface area contributed by atoms with E-state index in [-0.39, 0.29) is 18.0 Å². The van der Waals surface area contributed by atoms with Crippen molar-refractivity contribution in [3.05, 3.63) is 29.8 Å². The van der Waals surface area contributed by atoms with Gasteiger partial charge in [-0.1, -0.05) is 32.0 Å². The van der Waals surface area contributed by atoms with E-state index in [1.807, 2.05) is 12.1 Å². The van der Waals surface area contributed by atoms with Crippen LogP contribution in [0.1, 0.15) is 38.7 Å². The highest BCUT2D eigenvalue weighted by Gasteiger charge is 2.31. The number of ether oxygens (including phenoxy) is 1. The van der Waals surface area contributed by atoms with Gasteiger partial charge in [0.05, 0.1) is 5.92 Å². The van der Waals surface area contributed by atoms with Crippen LogP contribution in [0.3, 0.4) is 0 Å². The van der Waals surface area contributed by atoms with E-state index in [1.165, 1.54) is 12.0 Å². The van der Waals surface area contributed by atoms with Crippen LogP contribution in [-0.2, 0) is 16.0 Å². The van der Waals surface area contributed by atoms with Gasteiger partial charge >= 0.3 is 5.97 Å². The van der Waals surface area contributed by atoms with E-state index in [0.717, 1.165) is 30.9 Å². The van der Waals surface area contributed by atoms with Crippen LogP contribution in [0, 0.1) is 17.8 Å². The Kier molecular flexibility index (Phi) is 4.18. The van der Waals surface area contributed by atoms with E-state index in [4.69, 9.17) is 4.74 Å². The van der Waals surface area contributed by atoms with Gasteiger partial charge in [0.2, 0.25) is 0 Å². The Morgan fingerprint density at radius 3 is 2.81 bits per heavy atom. The smallest absolute Gasteiger partial charge is 0.311 e. The number of nitrogens with one attached hydrogen (secondary N) is 1. The molecule has 1 heterocycles. The first-order valence-corrected chi connectivity index (χ1v) is 8.15. The van der Waals surface area contributed by atoms with Crippen molar-refractivity contribution in [2.75, 3.05) is 11.9 Å². The quantitative estimate of drug-likeness (QED) is 0.844. The van der Waals surface area contributed by atoms with E-state index >= 15 is 0 Å². The molecule has 1 aromatic carbocycles. The summed E-state index contributed by atoms with van der Waals surface area (Å²) in [5, 5.41) is 3.35. The molecule has 3 rings (SSSR count). The highest BCUT2D eigenvalue weighted by atomic mass is 16.5. The van der Waals surface area contributed by atoms with Crippen LogP contribution < -0.4 is 5.32 Å². The summed E-state index contributed by atoms with van der Waals surface area (Å²) in [5.41, 5.74) is 2.37. The number of esters is 1. The maximum Gasteiger partial charge on any atom is 0.311 e. The fourth-order valence-electron chi connectivity index (χ4n) is 3.47. The average Bonchev–Trinajstić information content (AvgIpc) is 2.50. The monoisotopic (exact) mass is 287 g/mol. The summed E-state index contributed by atoms with van der Waals surface area (Å²) in [4.78, 5) is 12.4. The molecule has 0 saturated heterocycles. The molecule has 114 valence electrons. The average molecular weight is 287 g/mol. The summed E-state index contributed by atoms with van der Waals surface area (Å²) >= 11 is 0. The third-order valence-electron chi connectivity index (χ3n) is 5.19. The van der Waals surface area contributed by atoms with Crippen molar-refractivity contribution in [3.8, 4) is 0 Å². The van der Waals surface area contributed by atoms with E-state index in [9.17, 15) is 4.79 Å². The highest BCUT2D eigenvalue weighted by Crippen LogP contribution is 2.32. The number of fused-ring (bicyclic) bond motifs is 1. The summed E-state index contributed by atoms with van der Waals surface area (Å²) in [5.74, 6) is 1.34. The predicted octanol–water partition coefficient (Wildman–Crippen LogP) is 3.64. The predicted molar refractivity (Wildman–Crippen MR) is 84.2 cm³/mol. The molecule has 0 aromatic heterocycles. The Morgan fingerprint density at radius 1 is 1.19 bits per heavy atom. The number of hydrogen-bond donors (Lipinski definition) is 1. The Balaban J connectivity index is 1.57. The molecule has 4 atom stereocenters. The Bertz CT molecular complexity index is 514. The number of rotatable bonds is 2. The van der Waals surface area contributed by atoms with Gasteiger partial charge in [-0.15, -0.1) is 0 Å². The number of carbonyl (C=O) groups excluding carboxylic acids is 1. The van der Waals surface area contributed by atoms with Crippen molar-refractivity contribution in [3.63, 3.8) is 0 Å². The summed E-state index contributed by atoms with van der Waals surface area (Å²) in [6, 6.07) is 8.21. The first kappa shape index (κ1) is 14.4. The SMILES string of the molecule is CC1CCC(OC(=O)C2CNc3ccccc3C2)CC1C. The van der Waals surface area contributed by atoms with Crippen molar-refractivity contribution in [2.24, 2.45) is 17.8 Å². The van der Waals surface area contributed by atoms with Gasteiger partial charge < -0.3 is 10.1 Å². The van der Waals surface area contributed by atoms with Gasteiger partial charge in [0, 0.05) is 12.2 Å². The number of hydrogen-bond acceptors (Lipinski definition) is 3. The van der Waals surface area contributed by atoms with Crippen molar-refractivity contribution >= 4 is 11.7 Å². The zero-order valence-electron chi connectivity index (χ0n) is 13.0. The van der Waals surface area contributed by atoms with Crippen LogP contribution in [0.2, 0.25) is 0 Å². The molecule has 21 heavy (non-hydrogen) atoms. The lowest BCUT2D eigenvalue weighted by molar-refractivity contribution is -0.156. The normalized spacial score (nSPS) is 31.9. The third-order valence-corrected chi connectivity index (χ3v) is 5.19. The summed E-state index contributed by atoms with van der Waals surface area (Å²) in [6.07, 6.45) is 4.13. The number of carbonyl (C=O) groups is 1. The molecular weight excluding hydrogens is 262 g/mol. The molecule has 1 N–H and O–H groups in total. The van der Waals surface area contributed by atoms with E-state index in [0.29, 0.717) is 12.5 Å². The van der Waals surface area contributed by atoms with Gasteiger partial charge in [0.25, 0.3) is 0 Å². The zero-order valence-corrected chi connectivity index (χ0v) is 13.0. The minimum Gasteiger partial charge on any atom is -0.462 e. The molecule has 1 aromatic rings.